The minimum atomic E-state index is 0.488. The highest BCUT2D eigenvalue weighted by molar-refractivity contribution is 5.26. The highest BCUT2D eigenvalue weighted by Gasteiger charge is 2.18. The second-order valence-corrected chi connectivity index (χ2v) is 3.59. The van der Waals surface area contributed by atoms with Crippen LogP contribution in [0.4, 0.5) is 0 Å². The lowest BCUT2D eigenvalue weighted by molar-refractivity contribution is 0.382. The van der Waals surface area contributed by atoms with Gasteiger partial charge in [0.15, 0.2) is 5.82 Å². The van der Waals surface area contributed by atoms with E-state index in [4.69, 9.17) is 0 Å². The molecule has 0 aromatic carbocycles. The molecule has 2 aromatic rings. The summed E-state index contributed by atoms with van der Waals surface area (Å²) in [6.07, 6.45) is 6.24. The van der Waals surface area contributed by atoms with E-state index in [1.807, 2.05) is 12.3 Å². The molecule has 76 valence electrons. The molecule has 0 amide bonds. The Morgan fingerprint density at radius 1 is 1.40 bits per heavy atom. The van der Waals surface area contributed by atoms with Gasteiger partial charge < -0.3 is 5.32 Å². The zero-order valence-electron chi connectivity index (χ0n) is 8.17. The molecular formula is C10H11N5. The number of pyridine rings is 1. The summed E-state index contributed by atoms with van der Waals surface area (Å²) in [4.78, 5) is 8.23. The van der Waals surface area contributed by atoms with Crippen molar-refractivity contribution >= 4 is 0 Å². The van der Waals surface area contributed by atoms with E-state index < -0.39 is 0 Å². The van der Waals surface area contributed by atoms with Crippen molar-refractivity contribution in [2.75, 3.05) is 6.54 Å². The zero-order chi connectivity index (χ0) is 10.1. The molecule has 15 heavy (non-hydrogen) atoms. The maximum atomic E-state index is 4.34. The Bertz CT molecular complexity index is 429. The van der Waals surface area contributed by atoms with Gasteiger partial charge in [-0.3, -0.25) is 0 Å². The third-order valence-corrected chi connectivity index (χ3v) is 2.65. The van der Waals surface area contributed by atoms with E-state index in [0.29, 0.717) is 6.04 Å². The lowest BCUT2D eigenvalue weighted by Crippen LogP contribution is -2.34. The summed E-state index contributed by atoms with van der Waals surface area (Å²) < 4.78 is 1.65. The Balaban J connectivity index is 1.87. The number of hydrogen-bond donors (Lipinski definition) is 1. The topological polar surface area (TPSA) is 55.6 Å². The molecule has 0 aliphatic carbocycles. The molecule has 1 unspecified atom stereocenters. The summed E-state index contributed by atoms with van der Waals surface area (Å²) in [5, 5.41) is 7.36. The molecule has 0 spiro atoms. The van der Waals surface area contributed by atoms with Gasteiger partial charge >= 0.3 is 0 Å². The lowest BCUT2D eigenvalue weighted by atomic mass is 10.00. The Kier molecular flexibility index (Phi) is 1.96. The van der Waals surface area contributed by atoms with Gasteiger partial charge in [0.2, 0.25) is 0 Å². The van der Waals surface area contributed by atoms with Crippen LogP contribution in [0.1, 0.15) is 18.0 Å². The van der Waals surface area contributed by atoms with Crippen molar-refractivity contribution in [3.05, 3.63) is 36.5 Å². The van der Waals surface area contributed by atoms with E-state index in [2.05, 4.69) is 26.4 Å². The van der Waals surface area contributed by atoms with Crippen molar-refractivity contribution < 1.29 is 0 Å². The smallest absolute Gasteiger partial charge is 0.155 e. The van der Waals surface area contributed by atoms with E-state index in [0.717, 1.165) is 12.4 Å². The molecule has 3 rings (SSSR count). The average Bonchev–Trinajstić information content (AvgIpc) is 2.69. The van der Waals surface area contributed by atoms with Gasteiger partial charge in [-0.05, 0) is 24.6 Å². The van der Waals surface area contributed by atoms with E-state index in [-0.39, 0.29) is 0 Å². The number of hydrogen-bond acceptors (Lipinski definition) is 4. The molecule has 3 heterocycles. The zero-order valence-corrected chi connectivity index (χ0v) is 8.17. The maximum absolute atomic E-state index is 4.34. The molecule has 5 nitrogen and oxygen atoms in total. The molecule has 1 atom stereocenters. The predicted octanol–water partition coefficient (Wildman–Crippen LogP) is 0.697. The van der Waals surface area contributed by atoms with Crippen molar-refractivity contribution in [1.82, 2.24) is 25.1 Å². The minimum Gasteiger partial charge on any atom is -0.310 e. The van der Waals surface area contributed by atoms with Crippen LogP contribution in [0, 0.1) is 0 Å². The molecule has 5 heteroatoms. The van der Waals surface area contributed by atoms with Crippen molar-refractivity contribution in [3.63, 3.8) is 0 Å². The summed E-state index contributed by atoms with van der Waals surface area (Å²) in [6, 6.07) is 4.53. The first-order chi connectivity index (χ1) is 7.43. The Morgan fingerprint density at radius 2 is 2.33 bits per heavy atom. The summed E-state index contributed by atoms with van der Waals surface area (Å²) in [6.45, 7) is 1.11. The molecule has 1 N–H and O–H groups in total. The van der Waals surface area contributed by atoms with Gasteiger partial charge in [0, 0.05) is 12.2 Å². The normalized spacial score (nSPS) is 19.9. The van der Waals surface area contributed by atoms with Crippen LogP contribution < -0.4 is 5.32 Å². The van der Waals surface area contributed by atoms with Crippen LogP contribution in [0.3, 0.4) is 0 Å². The van der Waals surface area contributed by atoms with Crippen molar-refractivity contribution in [2.24, 2.45) is 0 Å². The fourth-order valence-corrected chi connectivity index (χ4v) is 1.64. The molecule has 1 fully saturated rings. The van der Waals surface area contributed by atoms with Crippen LogP contribution in [0.5, 0.6) is 0 Å². The van der Waals surface area contributed by atoms with Gasteiger partial charge in [0.05, 0.1) is 0 Å². The monoisotopic (exact) mass is 201 g/mol. The van der Waals surface area contributed by atoms with Gasteiger partial charge in [0.1, 0.15) is 12.7 Å². The van der Waals surface area contributed by atoms with E-state index >= 15 is 0 Å². The van der Waals surface area contributed by atoms with Gasteiger partial charge in [-0.15, -0.1) is 0 Å². The Hall–Kier alpha value is -1.75. The van der Waals surface area contributed by atoms with E-state index in [1.54, 1.807) is 11.0 Å². The predicted molar refractivity (Wildman–Crippen MR) is 54.5 cm³/mol. The Morgan fingerprint density at radius 3 is 2.87 bits per heavy atom. The lowest BCUT2D eigenvalue weighted by Gasteiger charge is -2.27. The summed E-state index contributed by atoms with van der Waals surface area (Å²) in [5.41, 5.74) is 1.24. The third kappa shape index (κ3) is 1.50. The molecule has 2 aromatic heterocycles. The third-order valence-electron chi connectivity index (χ3n) is 2.65. The molecule has 0 radical (unpaired) electrons. The number of aromatic nitrogens is 4. The summed E-state index contributed by atoms with van der Waals surface area (Å²) >= 11 is 0. The van der Waals surface area contributed by atoms with Crippen LogP contribution in [0.15, 0.2) is 31.0 Å². The quantitative estimate of drug-likeness (QED) is 0.777. The molecule has 1 aliphatic heterocycles. The standard InChI is InChI=1S/C10H11N5/c1-2-10(15-7-11-6-14-15)13-5-8(1)9-3-4-12-9/h1-2,5-7,9,12H,3-4H2. The number of nitrogens with zero attached hydrogens (tertiary/aromatic N) is 4. The van der Waals surface area contributed by atoms with Crippen LogP contribution in [-0.2, 0) is 0 Å². The summed E-state index contributed by atoms with van der Waals surface area (Å²) in [5.74, 6) is 0.801. The van der Waals surface area contributed by atoms with Gasteiger partial charge in [0.25, 0.3) is 0 Å². The van der Waals surface area contributed by atoms with Crippen molar-refractivity contribution in [1.29, 1.82) is 0 Å². The van der Waals surface area contributed by atoms with Crippen molar-refractivity contribution in [3.8, 4) is 5.82 Å². The van der Waals surface area contributed by atoms with Crippen LogP contribution in [0.25, 0.3) is 5.82 Å². The molecule has 1 saturated heterocycles. The van der Waals surface area contributed by atoms with E-state index in [9.17, 15) is 0 Å². The second-order valence-electron chi connectivity index (χ2n) is 3.59. The van der Waals surface area contributed by atoms with Gasteiger partial charge in [-0.25, -0.2) is 14.6 Å². The summed E-state index contributed by atoms with van der Waals surface area (Å²) in [7, 11) is 0. The maximum Gasteiger partial charge on any atom is 0.155 e. The molecular weight excluding hydrogens is 190 g/mol. The first-order valence-corrected chi connectivity index (χ1v) is 4.98. The van der Waals surface area contributed by atoms with E-state index in [1.165, 1.54) is 18.3 Å². The number of rotatable bonds is 2. The highest BCUT2D eigenvalue weighted by Crippen LogP contribution is 2.21. The molecule has 1 aliphatic rings. The average molecular weight is 201 g/mol. The van der Waals surface area contributed by atoms with Crippen molar-refractivity contribution in [2.45, 2.75) is 12.5 Å². The molecule has 0 bridgehead atoms. The van der Waals surface area contributed by atoms with Crippen LogP contribution >= 0.6 is 0 Å². The first-order valence-electron chi connectivity index (χ1n) is 4.98. The fourth-order valence-electron chi connectivity index (χ4n) is 1.64. The minimum absolute atomic E-state index is 0.488. The Labute approximate surface area is 87.2 Å². The molecule has 0 saturated carbocycles. The number of nitrogens with one attached hydrogen (secondary N) is 1. The van der Waals surface area contributed by atoms with Crippen LogP contribution in [0.2, 0.25) is 0 Å². The first kappa shape index (κ1) is 8.55. The fraction of sp³-hybridized carbons (Fsp3) is 0.300. The second kappa shape index (κ2) is 3.43. The highest BCUT2D eigenvalue weighted by atomic mass is 15.3. The SMILES string of the molecule is c1ncn(-c2ccc(C3CCN3)cn2)n1. The largest absolute Gasteiger partial charge is 0.310 e. The van der Waals surface area contributed by atoms with Gasteiger partial charge in [-0.2, -0.15) is 5.10 Å². The van der Waals surface area contributed by atoms with Crippen LogP contribution in [-0.4, -0.2) is 26.3 Å². The van der Waals surface area contributed by atoms with Gasteiger partial charge in [-0.1, -0.05) is 6.07 Å².